The fraction of sp³-hybridized carbons (Fsp3) is 0.571. The van der Waals surface area contributed by atoms with Crippen molar-refractivity contribution in [3.8, 4) is 0 Å². The number of rotatable bonds is 7. The van der Waals surface area contributed by atoms with Gasteiger partial charge >= 0.3 is 0 Å². The van der Waals surface area contributed by atoms with E-state index < -0.39 is 0 Å². The van der Waals surface area contributed by atoms with Crippen LogP contribution in [-0.4, -0.2) is 41.5 Å². The summed E-state index contributed by atoms with van der Waals surface area (Å²) in [6, 6.07) is 4.14. The number of nitrogens with two attached hydrogens (primary N) is 1. The van der Waals surface area contributed by atoms with Gasteiger partial charge in [0, 0.05) is 30.4 Å². The lowest BCUT2D eigenvalue weighted by molar-refractivity contribution is 0.0948. The van der Waals surface area contributed by atoms with Crippen LogP contribution in [-0.2, 0) is 0 Å². The van der Waals surface area contributed by atoms with Crippen molar-refractivity contribution in [2.45, 2.75) is 32.7 Å². The van der Waals surface area contributed by atoms with Gasteiger partial charge in [-0.1, -0.05) is 6.92 Å². The summed E-state index contributed by atoms with van der Waals surface area (Å²) < 4.78 is 0. The van der Waals surface area contributed by atoms with Gasteiger partial charge in [0.25, 0.3) is 5.91 Å². The third-order valence-corrected chi connectivity index (χ3v) is 3.52. The average molecular weight is 277 g/mol. The van der Waals surface area contributed by atoms with Crippen LogP contribution in [0.4, 0.5) is 5.82 Å². The molecule has 1 aromatic heterocycles. The zero-order chi connectivity index (χ0) is 14.5. The Morgan fingerprint density at radius 3 is 2.85 bits per heavy atom. The van der Waals surface area contributed by atoms with E-state index in [1.807, 2.05) is 6.92 Å². The number of pyridine rings is 1. The molecule has 1 heterocycles. The SMILES string of the molecule is CCN(CCNC(=O)c1cc(C)nc(NN)c1)C1CC1. The van der Waals surface area contributed by atoms with Crippen molar-refractivity contribution < 1.29 is 4.79 Å². The van der Waals surface area contributed by atoms with Crippen molar-refractivity contribution in [3.05, 3.63) is 23.4 Å². The zero-order valence-electron chi connectivity index (χ0n) is 12.1. The van der Waals surface area contributed by atoms with Crippen LogP contribution in [0.3, 0.4) is 0 Å². The first-order chi connectivity index (χ1) is 9.63. The molecule has 2 rings (SSSR count). The number of hydrogen-bond donors (Lipinski definition) is 3. The third kappa shape index (κ3) is 3.91. The van der Waals surface area contributed by atoms with Gasteiger partial charge in [0.05, 0.1) is 0 Å². The number of nitrogens with one attached hydrogen (secondary N) is 2. The second-order valence-electron chi connectivity index (χ2n) is 5.14. The molecular formula is C14H23N5O. The van der Waals surface area contributed by atoms with Crippen LogP contribution in [0, 0.1) is 6.92 Å². The highest BCUT2D eigenvalue weighted by Gasteiger charge is 2.27. The highest BCUT2D eigenvalue weighted by Crippen LogP contribution is 2.25. The summed E-state index contributed by atoms with van der Waals surface area (Å²) in [4.78, 5) is 18.7. The van der Waals surface area contributed by atoms with Gasteiger partial charge in [-0.25, -0.2) is 10.8 Å². The van der Waals surface area contributed by atoms with Crippen molar-refractivity contribution in [3.63, 3.8) is 0 Å². The smallest absolute Gasteiger partial charge is 0.251 e. The van der Waals surface area contributed by atoms with E-state index in [0.29, 0.717) is 17.9 Å². The van der Waals surface area contributed by atoms with Crippen LogP contribution in [0.1, 0.15) is 35.8 Å². The Morgan fingerprint density at radius 2 is 2.25 bits per heavy atom. The molecule has 6 nitrogen and oxygen atoms in total. The maximum absolute atomic E-state index is 12.1. The third-order valence-electron chi connectivity index (χ3n) is 3.52. The number of carbonyl (C=O) groups excluding carboxylic acids is 1. The number of anilines is 1. The molecule has 1 saturated carbocycles. The van der Waals surface area contributed by atoms with E-state index >= 15 is 0 Å². The summed E-state index contributed by atoms with van der Waals surface area (Å²) in [7, 11) is 0. The molecule has 0 bridgehead atoms. The largest absolute Gasteiger partial charge is 0.351 e. The Balaban J connectivity index is 1.86. The number of amides is 1. The fourth-order valence-electron chi connectivity index (χ4n) is 2.33. The second-order valence-corrected chi connectivity index (χ2v) is 5.14. The summed E-state index contributed by atoms with van der Waals surface area (Å²) in [5, 5.41) is 2.95. The minimum Gasteiger partial charge on any atom is -0.351 e. The molecule has 0 aliphatic heterocycles. The van der Waals surface area contributed by atoms with Crippen LogP contribution in [0.15, 0.2) is 12.1 Å². The molecule has 0 atom stereocenters. The van der Waals surface area contributed by atoms with E-state index in [-0.39, 0.29) is 5.91 Å². The number of nitrogen functional groups attached to an aromatic ring is 1. The van der Waals surface area contributed by atoms with Crippen LogP contribution in [0.25, 0.3) is 0 Å². The summed E-state index contributed by atoms with van der Waals surface area (Å²) in [6.45, 7) is 6.60. The number of aromatic nitrogens is 1. The molecule has 0 aromatic carbocycles. The summed E-state index contributed by atoms with van der Waals surface area (Å²) in [5.74, 6) is 5.75. The van der Waals surface area contributed by atoms with Crippen molar-refractivity contribution in [2.24, 2.45) is 5.84 Å². The van der Waals surface area contributed by atoms with E-state index in [1.165, 1.54) is 12.8 Å². The molecule has 1 amide bonds. The van der Waals surface area contributed by atoms with Gasteiger partial charge in [-0.2, -0.15) is 0 Å². The Labute approximate surface area is 119 Å². The number of aryl methyl sites for hydroxylation is 1. The molecule has 0 unspecified atom stereocenters. The van der Waals surface area contributed by atoms with Gasteiger partial charge in [-0.3, -0.25) is 9.69 Å². The van der Waals surface area contributed by atoms with Crippen molar-refractivity contribution in [2.75, 3.05) is 25.1 Å². The van der Waals surface area contributed by atoms with E-state index in [2.05, 4.69) is 27.6 Å². The Morgan fingerprint density at radius 1 is 1.50 bits per heavy atom. The highest BCUT2D eigenvalue weighted by molar-refractivity contribution is 5.94. The maximum atomic E-state index is 12.1. The Hall–Kier alpha value is -1.66. The van der Waals surface area contributed by atoms with Crippen LogP contribution < -0.4 is 16.6 Å². The maximum Gasteiger partial charge on any atom is 0.251 e. The minimum atomic E-state index is -0.0844. The first kappa shape index (κ1) is 14.7. The quantitative estimate of drug-likeness (QED) is 0.509. The first-order valence-corrected chi connectivity index (χ1v) is 7.11. The predicted molar refractivity (Wildman–Crippen MR) is 79.4 cm³/mol. The monoisotopic (exact) mass is 277 g/mol. The van der Waals surface area contributed by atoms with Crippen LogP contribution >= 0.6 is 0 Å². The number of hydrogen-bond acceptors (Lipinski definition) is 5. The van der Waals surface area contributed by atoms with Crippen molar-refractivity contribution >= 4 is 11.7 Å². The fourth-order valence-corrected chi connectivity index (χ4v) is 2.33. The van der Waals surface area contributed by atoms with Gasteiger partial charge in [0.15, 0.2) is 0 Å². The van der Waals surface area contributed by atoms with Gasteiger partial charge in [0.1, 0.15) is 5.82 Å². The number of hydrazine groups is 1. The molecule has 1 aliphatic rings. The molecule has 1 fully saturated rings. The van der Waals surface area contributed by atoms with Crippen molar-refractivity contribution in [1.82, 2.24) is 15.2 Å². The molecule has 1 aliphatic carbocycles. The summed E-state index contributed by atoms with van der Waals surface area (Å²) in [5.41, 5.74) is 3.82. The van der Waals surface area contributed by atoms with E-state index in [1.54, 1.807) is 12.1 Å². The van der Waals surface area contributed by atoms with E-state index in [9.17, 15) is 4.79 Å². The molecule has 1 aromatic rings. The average Bonchev–Trinajstić information content (AvgIpc) is 3.27. The Kier molecular flexibility index (Phi) is 4.92. The normalized spacial score (nSPS) is 14.4. The lowest BCUT2D eigenvalue weighted by Crippen LogP contribution is -2.36. The lowest BCUT2D eigenvalue weighted by atomic mass is 10.2. The molecule has 6 heteroatoms. The van der Waals surface area contributed by atoms with Gasteiger partial charge in [0.2, 0.25) is 0 Å². The number of carbonyl (C=O) groups is 1. The molecule has 4 N–H and O–H groups in total. The highest BCUT2D eigenvalue weighted by atomic mass is 16.1. The molecule has 0 radical (unpaired) electrons. The first-order valence-electron chi connectivity index (χ1n) is 7.11. The number of likely N-dealkylation sites (N-methyl/N-ethyl adjacent to an activating group) is 1. The zero-order valence-corrected chi connectivity index (χ0v) is 12.1. The van der Waals surface area contributed by atoms with Crippen LogP contribution in [0.5, 0.6) is 0 Å². The summed E-state index contributed by atoms with van der Waals surface area (Å²) >= 11 is 0. The van der Waals surface area contributed by atoms with Crippen molar-refractivity contribution in [1.29, 1.82) is 0 Å². The topological polar surface area (TPSA) is 83.3 Å². The summed E-state index contributed by atoms with van der Waals surface area (Å²) in [6.07, 6.45) is 2.58. The van der Waals surface area contributed by atoms with E-state index in [4.69, 9.17) is 5.84 Å². The minimum absolute atomic E-state index is 0.0844. The predicted octanol–water partition coefficient (Wildman–Crippen LogP) is 0.890. The molecule has 0 spiro atoms. The van der Waals surface area contributed by atoms with E-state index in [0.717, 1.165) is 24.8 Å². The standard InChI is InChI=1S/C14H23N5O/c1-3-19(12-4-5-12)7-6-16-14(20)11-8-10(2)17-13(9-11)18-15/h8-9,12H,3-7,15H2,1-2H3,(H,16,20)(H,17,18). The molecule has 0 saturated heterocycles. The Bertz CT molecular complexity index is 473. The van der Waals surface area contributed by atoms with Gasteiger partial charge < -0.3 is 10.7 Å². The lowest BCUT2D eigenvalue weighted by Gasteiger charge is -2.19. The second kappa shape index (κ2) is 6.67. The van der Waals surface area contributed by atoms with Crippen LogP contribution in [0.2, 0.25) is 0 Å². The number of nitrogens with zero attached hydrogens (tertiary/aromatic N) is 2. The molecule has 20 heavy (non-hydrogen) atoms. The van der Waals surface area contributed by atoms with Gasteiger partial charge in [-0.15, -0.1) is 0 Å². The molecule has 110 valence electrons. The van der Waals surface area contributed by atoms with Gasteiger partial charge in [-0.05, 0) is 38.4 Å². The molecular weight excluding hydrogens is 254 g/mol.